The van der Waals surface area contributed by atoms with Crippen LogP contribution in [0.3, 0.4) is 0 Å². The molecule has 0 spiro atoms. The molecule has 1 saturated carbocycles. The smallest absolute Gasteiger partial charge is 0.343 e. The fourth-order valence-corrected chi connectivity index (χ4v) is 5.37. The predicted molar refractivity (Wildman–Crippen MR) is 92.7 cm³/mol. The molecule has 2 heterocycles. The first-order valence-corrected chi connectivity index (χ1v) is 9.95. The SMILES string of the molecule is Cn1cnc(-c2c(C(F)(F)F)cc(F)c3[nH]c(S(=O)(=O)C4(C)CCC4)cc23)n1. The standard InChI is InChI=1S/C17H16F4N4O2S/c1-16(4-3-5-16)28(26,27)12-6-9-13(15-22-8-25(2)24-15)10(17(19,20)21)7-11(18)14(9)23-12/h6-8,23H,3-5H2,1-2H3. The summed E-state index contributed by atoms with van der Waals surface area (Å²) < 4.78 is 81.3. The van der Waals surface area contributed by atoms with E-state index in [4.69, 9.17) is 0 Å². The third-order valence-corrected chi connectivity index (χ3v) is 7.82. The third-order valence-electron chi connectivity index (χ3n) is 5.32. The minimum absolute atomic E-state index is 0.222. The molecule has 150 valence electrons. The Bertz CT molecular complexity index is 1190. The molecule has 28 heavy (non-hydrogen) atoms. The van der Waals surface area contributed by atoms with Crippen molar-refractivity contribution in [3.63, 3.8) is 0 Å². The average molecular weight is 416 g/mol. The number of fused-ring (bicyclic) bond motifs is 1. The second kappa shape index (κ2) is 5.79. The molecular weight excluding hydrogens is 400 g/mol. The zero-order valence-corrected chi connectivity index (χ0v) is 15.7. The molecule has 1 aliphatic carbocycles. The number of H-pyrrole nitrogens is 1. The first kappa shape index (κ1) is 18.9. The molecule has 4 rings (SSSR count). The van der Waals surface area contributed by atoms with Gasteiger partial charge >= 0.3 is 6.18 Å². The van der Waals surface area contributed by atoms with Crippen molar-refractivity contribution >= 4 is 20.7 Å². The fraction of sp³-hybridized carbons (Fsp3) is 0.412. The Morgan fingerprint density at radius 2 is 1.93 bits per heavy atom. The molecule has 0 saturated heterocycles. The summed E-state index contributed by atoms with van der Waals surface area (Å²) in [6.07, 6.45) is -2.04. The van der Waals surface area contributed by atoms with Gasteiger partial charge in [-0.1, -0.05) is 6.42 Å². The number of aromatic nitrogens is 4. The Labute approximate surface area is 157 Å². The highest BCUT2D eigenvalue weighted by Gasteiger charge is 2.46. The Morgan fingerprint density at radius 3 is 2.43 bits per heavy atom. The molecule has 11 heteroatoms. The van der Waals surface area contributed by atoms with Gasteiger partial charge in [-0.2, -0.15) is 18.3 Å². The molecule has 2 aromatic heterocycles. The third kappa shape index (κ3) is 2.63. The van der Waals surface area contributed by atoms with Crippen LogP contribution in [0.5, 0.6) is 0 Å². The molecule has 0 aliphatic heterocycles. The van der Waals surface area contributed by atoms with Gasteiger partial charge in [0.25, 0.3) is 0 Å². The number of halogens is 4. The molecule has 0 unspecified atom stereocenters. The summed E-state index contributed by atoms with van der Waals surface area (Å²) in [5.41, 5.74) is -2.04. The zero-order valence-electron chi connectivity index (χ0n) is 14.9. The van der Waals surface area contributed by atoms with Crippen molar-refractivity contribution in [3.05, 3.63) is 29.8 Å². The molecule has 0 radical (unpaired) electrons. The average Bonchev–Trinajstić information content (AvgIpc) is 3.18. The number of alkyl halides is 3. The highest BCUT2D eigenvalue weighted by atomic mass is 32.2. The van der Waals surface area contributed by atoms with Gasteiger partial charge in [0.2, 0.25) is 0 Å². The summed E-state index contributed by atoms with van der Waals surface area (Å²) in [5.74, 6) is -1.46. The second-order valence-electron chi connectivity index (χ2n) is 7.25. The van der Waals surface area contributed by atoms with Gasteiger partial charge < -0.3 is 4.98 Å². The predicted octanol–water partition coefficient (Wildman–Crippen LogP) is 3.84. The van der Waals surface area contributed by atoms with Gasteiger partial charge in [-0.3, -0.25) is 4.68 Å². The van der Waals surface area contributed by atoms with Crippen molar-refractivity contribution in [2.75, 3.05) is 0 Å². The van der Waals surface area contributed by atoms with Crippen LogP contribution in [-0.4, -0.2) is 32.9 Å². The van der Waals surface area contributed by atoms with Crippen LogP contribution in [0, 0.1) is 5.82 Å². The Balaban J connectivity index is 2.04. The van der Waals surface area contributed by atoms with Gasteiger partial charge in [0.05, 0.1) is 15.8 Å². The molecule has 0 atom stereocenters. The monoisotopic (exact) mass is 416 g/mol. The molecule has 1 aromatic carbocycles. The number of sulfone groups is 1. The van der Waals surface area contributed by atoms with Gasteiger partial charge in [0.1, 0.15) is 17.2 Å². The summed E-state index contributed by atoms with van der Waals surface area (Å²) in [4.78, 5) is 6.34. The first-order valence-electron chi connectivity index (χ1n) is 8.47. The number of aryl methyl sites for hydroxylation is 1. The van der Waals surface area contributed by atoms with Crippen molar-refractivity contribution in [2.24, 2.45) is 7.05 Å². The highest BCUT2D eigenvalue weighted by Crippen LogP contribution is 2.45. The van der Waals surface area contributed by atoms with Crippen molar-refractivity contribution in [2.45, 2.75) is 42.1 Å². The molecule has 1 N–H and O–H groups in total. The normalized spacial score (nSPS) is 17.1. The van der Waals surface area contributed by atoms with Gasteiger partial charge in [-0.15, -0.1) is 0 Å². The number of benzene rings is 1. The van der Waals surface area contributed by atoms with E-state index >= 15 is 0 Å². The summed E-state index contributed by atoms with van der Waals surface area (Å²) >= 11 is 0. The van der Waals surface area contributed by atoms with Gasteiger partial charge in [-0.05, 0) is 31.9 Å². The van der Waals surface area contributed by atoms with Gasteiger partial charge in [-0.25, -0.2) is 17.8 Å². The largest absolute Gasteiger partial charge is 0.417 e. The Kier molecular flexibility index (Phi) is 3.91. The first-order chi connectivity index (χ1) is 12.9. The van der Waals surface area contributed by atoms with Crippen LogP contribution in [0.2, 0.25) is 0 Å². The lowest BCUT2D eigenvalue weighted by Crippen LogP contribution is -2.42. The molecule has 6 nitrogen and oxygen atoms in total. The van der Waals surface area contributed by atoms with E-state index in [-0.39, 0.29) is 21.8 Å². The fourth-order valence-electron chi connectivity index (χ4n) is 3.50. The summed E-state index contributed by atoms with van der Waals surface area (Å²) in [6.45, 7) is 1.58. The summed E-state index contributed by atoms with van der Waals surface area (Å²) in [7, 11) is -2.39. The molecule has 1 aliphatic rings. The van der Waals surface area contributed by atoms with Crippen LogP contribution in [0.25, 0.3) is 22.3 Å². The van der Waals surface area contributed by atoms with Crippen LogP contribution in [0.1, 0.15) is 31.7 Å². The summed E-state index contributed by atoms with van der Waals surface area (Å²) in [6, 6.07) is 1.39. The maximum atomic E-state index is 14.5. The van der Waals surface area contributed by atoms with Crippen molar-refractivity contribution in [1.82, 2.24) is 19.7 Å². The second-order valence-corrected chi connectivity index (χ2v) is 9.68. The van der Waals surface area contributed by atoms with Crippen LogP contribution < -0.4 is 0 Å². The van der Waals surface area contributed by atoms with E-state index in [1.807, 2.05) is 0 Å². The van der Waals surface area contributed by atoms with E-state index in [0.717, 1.165) is 12.5 Å². The molecular formula is C17H16F4N4O2S. The minimum Gasteiger partial charge on any atom is -0.343 e. The summed E-state index contributed by atoms with van der Waals surface area (Å²) in [5, 5.41) is 3.37. The molecule has 0 amide bonds. The van der Waals surface area contributed by atoms with Crippen LogP contribution in [0.4, 0.5) is 17.6 Å². The van der Waals surface area contributed by atoms with E-state index in [2.05, 4.69) is 15.1 Å². The quantitative estimate of drug-likeness (QED) is 0.658. The molecule has 3 aromatic rings. The Hall–Kier alpha value is -2.43. The highest BCUT2D eigenvalue weighted by molar-refractivity contribution is 7.92. The van der Waals surface area contributed by atoms with Gasteiger partial charge in [0.15, 0.2) is 15.7 Å². The van der Waals surface area contributed by atoms with Crippen LogP contribution >= 0.6 is 0 Å². The maximum absolute atomic E-state index is 14.5. The van der Waals surface area contributed by atoms with E-state index < -0.39 is 37.7 Å². The lowest BCUT2D eigenvalue weighted by atomic mass is 9.86. The van der Waals surface area contributed by atoms with Crippen LogP contribution in [-0.2, 0) is 23.1 Å². The van der Waals surface area contributed by atoms with Crippen molar-refractivity contribution in [1.29, 1.82) is 0 Å². The van der Waals surface area contributed by atoms with Crippen LogP contribution in [0.15, 0.2) is 23.5 Å². The lowest BCUT2D eigenvalue weighted by molar-refractivity contribution is -0.137. The number of hydrogen-bond donors (Lipinski definition) is 1. The van der Waals surface area contributed by atoms with E-state index in [9.17, 15) is 26.0 Å². The van der Waals surface area contributed by atoms with Crippen molar-refractivity contribution < 1.29 is 26.0 Å². The van der Waals surface area contributed by atoms with Gasteiger partial charge in [0, 0.05) is 18.0 Å². The Morgan fingerprint density at radius 1 is 1.25 bits per heavy atom. The maximum Gasteiger partial charge on any atom is 0.417 e. The molecule has 1 fully saturated rings. The van der Waals surface area contributed by atoms with E-state index in [0.29, 0.717) is 18.9 Å². The topological polar surface area (TPSA) is 80.6 Å². The number of nitrogens with one attached hydrogen (secondary N) is 1. The number of hydrogen-bond acceptors (Lipinski definition) is 4. The van der Waals surface area contributed by atoms with E-state index in [1.165, 1.54) is 18.1 Å². The van der Waals surface area contributed by atoms with Crippen molar-refractivity contribution in [3.8, 4) is 11.4 Å². The number of aromatic amines is 1. The zero-order chi connectivity index (χ0) is 20.5. The lowest BCUT2D eigenvalue weighted by Gasteiger charge is -2.36. The van der Waals surface area contributed by atoms with E-state index in [1.54, 1.807) is 6.92 Å². The number of nitrogens with zero attached hydrogens (tertiary/aromatic N) is 3. The number of rotatable bonds is 3. The minimum atomic E-state index is -4.88. The molecule has 0 bridgehead atoms.